The van der Waals surface area contributed by atoms with Crippen molar-refractivity contribution in [3.63, 3.8) is 0 Å². The van der Waals surface area contributed by atoms with Crippen molar-refractivity contribution in [2.75, 3.05) is 12.4 Å². The minimum Gasteiger partial charge on any atom is -0.495 e. The molecule has 6 nitrogen and oxygen atoms in total. The van der Waals surface area contributed by atoms with Gasteiger partial charge in [-0.05, 0) is 38.1 Å². The summed E-state index contributed by atoms with van der Waals surface area (Å²) in [6.07, 6.45) is 0.214. The maximum Gasteiger partial charge on any atom is 0.229 e. The van der Waals surface area contributed by atoms with Gasteiger partial charge in [0.05, 0.1) is 30.6 Å². The van der Waals surface area contributed by atoms with Crippen LogP contribution < -0.4 is 10.1 Å². The van der Waals surface area contributed by atoms with Crippen LogP contribution >= 0.6 is 0 Å². The number of anilines is 1. The molecule has 2 heterocycles. The second kappa shape index (κ2) is 7.89. The summed E-state index contributed by atoms with van der Waals surface area (Å²) in [7, 11) is 1.59. The van der Waals surface area contributed by atoms with E-state index < -0.39 is 0 Å². The number of fused-ring (bicyclic) bond motifs is 3. The van der Waals surface area contributed by atoms with Crippen LogP contribution in [-0.2, 0) is 11.2 Å². The summed E-state index contributed by atoms with van der Waals surface area (Å²) >= 11 is 0. The summed E-state index contributed by atoms with van der Waals surface area (Å²) in [4.78, 5) is 13.0. The average molecular weight is 425 g/mol. The van der Waals surface area contributed by atoms with Crippen LogP contribution in [0.15, 0.2) is 71.1 Å². The lowest BCUT2D eigenvalue weighted by molar-refractivity contribution is -0.115. The number of nitrogens with zero attached hydrogens (tertiary/aromatic N) is 2. The highest BCUT2D eigenvalue weighted by Crippen LogP contribution is 2.36. The summed E-state index contributed by atoms with van der Waals surface area (Å²) < 4.78 is 13.4. The zero-order valence-electron chi connectivity index (χ0n) is 18.2. The molecule has 1 amide bonds. The summed E-state index contributed by atoms with van der Waals surface area (Å²) in [5, 5.41) is 9.59. The minimum absolute atomic E-state index is 0.141. The Kier molecular flexibility index (Phi) is 4.90. The summed E-state index contributed by atoms with van der Waals surface area (Å²) in [6, 6.07) is 21.5. The number of nitrogens with one attached hydrogen (secondary N) is 1. The lowest BCUT2D eigenvalue weighted by Crippen LogP contribution is -2.16. The number of ether oxygens (including phenoxy) is 1. The molecule has 0 aliphatic rings. The van der Waals surface area contributed by atoms with E-state index in [1.807, 2.05) is 85.3 Å². The number of hydrogen-bond donors (Lipinski definition) is 1. The first-order chi connectivity index (χ1) is 15.5. The van der Waals surface area contributed by atoms with Crippen LogP contribution in [0.1, 0.15) is 17.0 Å². The van der Waals surface area contributed by atoms with Gasteiger partial charge in [0.1, 0.15) is 16.9 Å². The molecule has 0 saturated heterocycles. The van der Waals surface area contributed by atoms with Gasteiger partial charge in [0.2, 0.25) is 5.91 Å². The van der Waals surface area contributed by atoms with Crippen LogP contribution in [0.3, 0.4) is 0 Å². The molecule has 0 aliphatic carbocycles. The molecule has 0 fully saturated rings. The lowest BCUT2D eigenvalue weighted by atomic mass is 10.1. The molecule has 0 spiro atoms. The van der Waals surface area contributed by atoms with Crippen LogP contribution in [0.2, 0.25) is 0 Å². The molecule has 0 radical (unpaired) electrons. The van der Waals surface area contributed by atoms with Crippen molar-refractivity contribution in [3.05, 3.63) is 83.7 Å². The van der Waals surface area contributed by atoms with Crippen molar-refractivity contribution in [1.29, 1.82) is 0 Å². The van der Waals surface area contributed by atoms with Crippen molar-refractivity contribution < 1.29 is 13.9 Å². The summed E-state index contributed by atoms with van der Waals surface area (Å²) in [5.74, 6) is 0.448. The molecule has 0 atom stereocenters. The smallest absolute Gasteiger partial charge is 0.229 e. The fourth-order valence-corrected chi connectivity index (χ4v) is 4.12. The van der Waals surface area contributed by atoms with Gasteiger partial charge in [0.25, 0.3) is 0 Å². The van der Waals surface area contributed by atoms with Gasteiger partial charge < -0.3 is 14.5 Å². The van der Waals surface area contributed by atoms with Gasteiger partial charge in [-0.3, -0.25) is 4.79 Å². The summed E-state index contributed by atoms with van der Waals surface area (Å²) in [5.41, 5.74) is 5.74. The predicted molar refractivity (Wildman–Crippen MR) is 126 cm³/mol. The largest absolute Gasteiger partial charge is 0.495 e. The monoisotopic (exact) mass is 425 g/mol. The maximum atomic E-state index is 13.0. The van der Waals surface area contributed by atoms with Crippen molar-refractivity contribution in [2.45, 2.75) is 20.3 Å². The molecule has 0 unspecified atom stereocenters. The molecule has 3 aromatic carbocycles. The fourth-order valence-electron chi connectivity index (χ4n) is 4.12. The van der Waals surface area contributed by atoms with Crippen LogP contribution in [0.4, 0.5) is 5.69 Å². The summed E-state index contributed by atoms with van der Waals surface area (Å²) in [6.45, 7) is 3.91. The van der Waals surface area contributed by atoms with Crippen molar-refractivity contribution in [2.24, 2.45) is 0 Å². The van der Waals surface area contributed by atoms with E-state index in [0.29, 0.717) is 17.0 Å². The normalized spacial score (nSPS) is 11.2. The van der Waals surface area contributed by atoms with Crippen LogP contribution in [0.25, 0.3) is 27.6 Å². The average Bonchev–Trinajstić information content (AvgIpc) is 3.30. The van der Waals surface area contributed by atoms with Gasteiger partial charge in [-0.15, -0.1) is 0 Å². The number of carbonyl (C=O) groups excluding carboxylic acids is 1. The molecule has 160 valence electrons. The quantitative estimate of drug-likeness (QED) is 0.399. The van der Waals surface area contributed by atoms with E-state index in [1.165, 1.54) is 0 Å². The Morgan fingerprint density at radius 2 is 1.75 bits per heavy atom. The minimum atomic E-state index is -0.141. The zero-order valence-corrected chi connectivity index (χ0v) is 18.2. The molecule has 5 rings (SSSR count). The van der Waals surface area contributed by atoms with E-state index in [1.54, 1.807) is 7.11 Å². The predicted octanol–water partition coefficient (Wildman–Crippen LogP) is 5.58. The number of methoxy groups -OCH3 is 1. The Bertz CT molecular complexity index is 1450. The van der Waals surface area contributed by atoms with Crippen LogP contribution in [0, 0.1) is 13.8 Å². The van der Waals surface area contributed by atoms with E-state index in [9.17, 15) is 4.79 Å². The Labute approximate surface area is 185 Å². The van der Waals surface area contributed by atoms with Gasteiger partial charge in [0.15, 0.2) is 0 Å². The van der Waals surface area contributed by atoms with Gasteiger partial charge in [-0.25, -0.2) is 4.68 Å². The van der Waals surface area contributed by atoms with Crippen molar-refractivity contribution >= 4 is 33.5 Å². The van der Waals surface area contributed by atoms with E-state index in [2.05, 4.69) is 10.4 Å². The van der Waals surface area contributed by atoms with Crippen LogP contribution in [0.5, 0.6) is 5.75 Å². The first kappa shape index (κ1) is 19.9. The van der Waals surface area contributed by atoms with Gasteiger partial charge in [-0.1, -0.05) is 36.4 Å². The Hall–Kier alpha value is -4.06. The molecule has 0 aliphatic heterocycles. The topological polar surface area (TPSA) is 69.3 Å². The highest BCUT2D eigenvalue weighted by Gasteiger charge is 2.18. The highest BCUT2D eigenvalue weighted by atomic mass is 16.5. The third-order valence-corrected chi connectivity index (χ3v) is 5.75. The van der Waals surface area contributed by atoms with Gasteiger partial charge >= 0.3 is 0 Å². The molecule has 1 N–H and O–H groups in total. The molecular weight excluding hydrogens is 402 g/mol. The van der Waals surface area contributed by atoms with Crippen molar-refractivity contribution in [1.82, 2.24) is 9.78 Å². The number of carbonyl (C=O) groups is 1. The number of aromatic nitrogens is 2. The number of para-hydroxylation sites is 2. The van der Waals surface area contributed by atoms with Crippen LogP contribution in [-0.4, -0.2) is 22.8 Å². The second-order valence-electron chi connectivity index (χ2n) is 7.77. The fraction of sp³-hybridized carbons (Fsp3) is 0.154. The second-order valence-corrected chi connectivity index (χ2v) is 7.77. The number of amides is 1. The zero-order chi connectivity index (χ0) is 22.2. The Morgan fingerprint density at radius 1 is 1.00 bits per heavy atom. The SMILES string of the molecule is COc1cc2c(cc1NC(=O)Cc1c(C)nn(-c3ccccc3)c1C)oc1ccccc12. The van der Waals surface area contributed by atoms with Crippen molar-refractivity contribution in [3.8, 4) is 11.4 Å². The third kappa shape index (κ3) is 3.39. The maximum absolute atomic E-state index is 13.0. The highest BCUT2D eigenvalue weighted by molar-refractivity contribution is 6.07. The molecule has 32 heavy (non-hydrogen) atoms. The first-order valence-corrected chi connectivity index (χ1v) is 10.4. The molecule has 0 saturated carbocycles. The molecule has 6 heteroatoms. The van der Waals surface area contributed by atoms with Gasteiger partial charge in [-0.2, -0.15) is 5.10 Å². The molecule has 0 bridgehead atoms. The lowest BCUT2D eigenvalue weighted by Gasteiger charge is -2.11. The number of furan rings is 1. The Balaban J connectivity index is 1.44. The van der Waals surface area contributed by atoms with E-state index >= 15 is 0 Å². The van der Waals surface area contributed by atoms with E-state index in [-0.39, 0.29) is 12.3 Å². The molecule has 2 aromatic heterocycles. The molecular formula is C26H23N3O3. The third-order valence-electron chi connectivity index (χ3n) is 5.75. The van der Waals surface area contributed by atoms with Gasteiger partial charge in [0, 0.05) is 28.1 Å². The molecule has 5 aromatic rings. The van der Waals surface area contributed by atoms with E-state index in [0.717, 1.165) is 39.0 Å². The Morgan fingerprint density at radius 3 is 2.53 bits per heavy atom. The van der Waals surface area contributed by atoms with E-state index in [4.69, 9.17) is 9.15 Å². The number of benzene rings is 3. The first-order valence-electron chi connectivity index (χ1n) is 10.4. The number of aryl methyl sites for hydroxylation is 1. The number of hydrogen-bond acceptors (Lipinski definition) is 4. The standard InChI is InChI=1S/C26H23N3O3/c1-16-20(17(2)29(28-16)18-9-5-4-6-10-18)14-26(30)27-22-15-24-21(13-25(22)31-3)19-11-7-8-12-23(19)32-24/h4-13,15H,14H2,1-3H3,(H,27,30). The number of rotatable bonds is 5.